The molecule has 0 aliphatic heterocycles. The van der Waals surface area contributed by atoms with E-state index in [0.717, 1.165) is 21.3 Å². The first-order chi connectivity index (χ1) is 9.24. The van der Waals surface area contributed by atoms with E-state index in [0.29, 0.717) is 5.15 Å². The molecule has 0 radical (unpaired) electrons. The molecule has 0 fully saturated rings. The molecular weight excluding hydrogens is 326 g/mol. The van der Waals surface area contributed by atoms with Gasteiger partial charge in [0.2, 0.25) is 0 Å². The van der Waals surface area contributed by atoms with Gasteiger partial charge in [0.25, 0.3) is 0 Å². The van der Waals surface area contributed by atoms with Crippen molar-refractivity contribution in [2.45, 2.75) is 0 Å². The van der Waals surface area contributed by atoms with Crippen LogP contribution in [-0.4, -0.2) is 14.8 Å². The Morgan fingerprint density at radius 1 is 1.11 bits per heavy atom. The predicted octanol–water partition coefficient (Wildman–Crippen LogP) is 4.35. The van der Waals surface area contributed by atoms with Crippen molar-refractivity contribution >= 4 is 27.5 Å². The molecule has 2 aromatic heterocycles. The van der Waals surface area contributed by atoms with Crippen LogP contribution < -0.4 is 0 Å². The second-order valence-electron chi connectivity index (χ2n) is 4.00. The molecule has 0 unspecified atom stereocenters. The summed E-state index contributed by atoms with van der Waals surface area (Å²) in [5, 5.41) is 4.77. The standard InChI is InChI=1S/C14H9BrClN3/c15-12-4-1-3-10(7-12)11-8-18-19(9-11)13-5-2-6-17-14(13)16/h1-9H. The van der Waals surface area contributed by atoms with Crippen molar-refractivity contribution in [3.63, 3.8) is 0 Å². The van der Waals surface area contributed by atoms with Gasteiger partial charge in [-0.2, -0.15) is 5.10 Å². The highest BCUT2D eigenvalue weighted by molar-refractivity contribution is 9.10. The first-order valence-electron chi connectivity index (χ1n) is 5.65. The molecule has 2 heterocycles. The van der Waals surface area contributed by atoms with Crippen LogP contribution in [-0.2, 0) is 0 Å². The highest BCUT2D eigenvalue weighted by atomic mass is 79.9. The summed E-state index contributed by atoms with van der Waals surface area (Å²) in [6.45, 7) is 0. The molecule has 0 aliphatic carbocycles. The van der Waals surface area contributed by atoms with Crippen LogP contribution in [0.2, 0.25) is 5.15 Å². The van der Waals surface area contributed by atoms with Crippen molar-refractivity contribution < 1.29 is 0 Å². The Morgan fingerprint density at radius 3 is 2.79 bits per heavy atom. The quantitative estimate of drug-likeness (QED) is 0.652. The molecule has 0 atom stereocenters. The van der Waals surface area contributed by atoms with Crippen LogP contribution in [0.15, 0.2) is 59.5 Å². The van der Waals surface area contributed by atoms with Crippen LogP contribution in [0, 0.1) is 0 Å². The van der Waals surface area contributed by atoms with Crippen LogP contribution in [0.3, 0.4) is 0 Å². The number of pyridine rings is 1. The molecule has 5 heteroatoms. The first kappa shape index (κ1) is 12.4. The van der Waals surface area contributed by atoms with Crippen LogP contribution in [0.5, 0.6) is 0 Å². The lowest BCUT2D eigenvalue weighted by Crippen LogP contribution is -1.95. The molecule has 0 saturated carbocycles. The van der Waals surface area contributed by atoms with Crippen molar-refractivity contribution in [1.29, 1.82) is 0 Å². The van der Waals surface area contributed by atoms with E-state index in [2.05, 4.69) is 26.0 Å². The van der Waals surface area contributed by atoms with Gasteiger partial charge in [-0.3, -0.25) is 0 Å². The van der Waals surface area contributed by atoms with Gasteiger partial charge in [0, 0.05) is 22.4 Å². The minimum Gasteiger partial charge on any atom is -0.242 e. The topological polar surface area (TPSA) is 30.7 Å². The van der Waals surface area contributed by atoms with Crippen molar-refractivity contribution in [3.8, 4) is 16.8 Å². The fraction of sp³-hybridized carbons (Fsp3) is 0. The third-order valence-electron chi connectivity index (χ3n) is 2.73. The molecule has 0 amide bonds. The Kier molecular flexibility index (Phi) is 3.36. The summed E-state index contributed by atoms with van der Waals surface area (Å²) in [4.78, 5) is 4.05. The zero-order valence-corrected chi connectivity index (χ0v) is 12.1. The molecule has 3 aromatic rings. The molecule has 3 rings (SSSR count). The van der Waals surface area contributed by atoms with Gasteiger partial charge in [0.15, 0.2) is 5.15 Å². The van der Waals surface area contributed by atoms with E-state index < -0.39 is 0 Å². The summed E-state index contributed by atoms with van der Waals surface area (Å²) in [5.74, 6) is 0. The Labute approximate surface area is 124 Å². The maximum atomic E-state index is 6.06. The van der Waals surface area contributed by atoms with Crippen LogP contribution >= 0.6 is 27.5 Å². The molecule has 1 aromatic carbocycles. The normalized spacial score (nSPS) is 10.6. The van der Waals surface area contributed by atoms with E-state index in [1.165, 1.54) is 0 Å². The number of rotatable bonds is 2. The molecule has 19 heavy (non-hydrogen) atoms. The zero-order valence-electron chi connectivity index (χ0n) is 9.79. The molecule has 94 valence electrons. The zero-order chi connectivity index (χ0) is 13.2. The number of hydrogen-bond acceptors (Lipinski definition) is 2. The van der Waals surface area contributed by atoms with E-state index in [9.17, 15) is 0 Å². The summed E-state index contributed by atoms with van der Waals surface area (Å²) < 4.78 is 2.77. The first-order valence-corrected chi connectivity index (χ1v) is 6.82. The van der Waals surface area contributed by atoms with E-state index in [-0.39, 0.29) is 0 Å². The van der Waals surface area contributed by atoms with Crippen LogP contribution in [0.4, 0.5) is 0 Å². The Balaban J connectivity index is 2.03. The summed E-state index contributed by atoms with van der Waals surface area (Å²) in [7, 11) is 0. The molecule has 3 nitrogen and oxygen atoms in total. The monoisotopic (exact) mass is 333 g/mol. The SMILES string of the molecule is Clc1ncccc1-n1cc(-c2cccc(Br)c2)cn1. The van der Waals surface area contributed by atoms with E-state index in [1.807, 2.05) is 48.8 Å². The predicted molar refractivity (Wildman–Crippen MR) is 79.5 cm³/mol. The molecule has 0 aliphatic rings. The van der Waals surface area contributed by atoms with E-state index in [1.54, 1.807) is 10.9 Å². The smallest absolute Gasteiger partial charge is 0.154 e. The van der Waals surface area contributed by atoms with Gasteiger partial charge in [-0.25, -0.2) is 9.67 Å². The van der Waals surface area contributed by atoms with Crippen molar-refractivity contribution in [3.05, 3.63) is 64.6 Å². The van der Waals surface area contributed by atoms with Crippen LogP contribution in [0.25, 0.3) is 16.8 Å². The van der Waals surface area contributed by atoms with Crippen LogP contribution in [0.1, 0.15) is 0 Å². The van der Waals surface area contributed by atoms with Crippen molar-refractivity contribution in [2.75, 3.05) is 0 Å². The summed E-state index contributed by atoms with van der Waals surface area (Å²) in [5.41, 5.74) is 2.90. The summed E-state index contributed by atoms with van der Waals surface area (Å²) in [6, 6.07) is 11.8. The fourth-order valence-corrected chi connectivity index (χ4v) is 2.43. The van der Waals surface area contributed by atoms with Gasteiger partial charge < -0.3 is 0 Å². The lowest BCUT2D eigenvalue weighted by atomic mass is 10.1. The molecule has 0 saturated heterocycles. The van der Waals surface area contributed by atoms with Gasteiger partial charge in [0.05, 0.1) is 6.20 Å². The van der Waals surface area contributed by atoms with Gasteiger partial charge in [-0.05, 0) is 29.8 Å². The van der Waals surface area contributed by atoms with Gasteiger partial charge in [0.1, 0.15) is 5.69 Å². The Morgan fingerprint density at radius 2 is 2.00 bits per heavy atom. The largest absolute Gasteiger partial charge is 0.242 e. The second kappa shape index (κ2) is 5.15. The molecule has 0 N–H and O–H groups in total. The summed E-state index contributed by atoms with van der Waals surface area (Å²) >= 11 is 9.52. The minimum atomic E-state index is 0.436. The highest BCUT2D eigenvalue weighted by Crippen LogP contribution is 2.24. The minimum absolute atomic E-state index is 0.436. The maximum absolute atomic E-state index is 6.06. The maximum Gasteiger partial charge on any atom is 0.154 e. The molecular formula is C14H9BrClN3. The fourth-order valence-electron chi connectivity index (χ4n) is 1.82. The average molecular weight is 335 g/mol. The number of benzene rings is 1. The van der Waals surface area contributed by atoms with Gasteiger partial charge >= 0.3 is 0 Å². The second-order valence-corrected chi connectivity index (χ2v) is 5.27. The Hall–Kier alpha value is -1.65. The van der Waals surface area contributed by atoms with Gasteiger partial charge in [-0.1, -0.05) is 39.7 Å². The molecule has 0 bridgehead atoms. The van der Waals surface area contributed by atoms with Crippen molar-refractivity contribution in [2.24, 2.45) is 0 Å². The summed E-state index contributed by atoms with van der Waals surface area (Å²) in [6.07, 6.45) is 5.40. The van der Waals surface area contributed by atoms with Gasteiger partial charge in [-0.15, -0.1) is 0 Å². The third-order valence-corrected chi connectivity index (χ3v) is 3.51. The number of halogens is 2. The number of nitrogens with zero attached hydrogens (tertiary/aromatic N) is 3. The lowest BCUT2D eigenvalue weighted by molar-refractivity contribution is 0.874. The highest BCUT2D eigenvalue weighted by Gasteiger charge is 2.07. The third kappa shape index (κ3) is 2.55. The molecule has 0 spiro atoms. The number of aromatic nitrogens is 3. The van der Waals surface area contributed by atoms with E-state index >= 15 is 0 Å². The average Bonchev–Trinajstić information content (AvgIpc) is 2.89. The number of hydrogen-bond donors (Lipinski definition) is 0. The van der Waals surface area contributed by atoms with Crippen molar-refractivity contribution in [1.82, 2.24) is 14.8 Å². The van der Waals surface area contributed by atoms with E-state index in [4.69, 9.17) is 11.6 Å². The Bertz CT molecular complexity index is 724. The lowest BCUT2D eigenvalue weighted by Gasteiger charge is -2.02.